The lowest BCUT2D eigenvalue weighted by atomic mass is 10.1. The molecule has 88 valence electrons. The largest absolute Gasteiger partial charge is 0.299 e. The van der Waals surface area contributed by atoms with Gasteiger partial charge in [-0.15, -0.1) is 0 Å². The maximum atomic E-state index is 11.9. The number of aromatic nitrogens is 2. The standard InChI is InChI=1S/C13H20N2O/c16-13-9-12(10-7-8-10)14-15(13)11-5-3-1-2-4-6-11/h9-11,14H,1-8H2. The molecule has 2 aliphatic carbocycles. The van der Waals surface area contributed by atoms with E-state index in [4.69, 9.17) is 0 Å². The van der Waals surface area contributed by atoms with Crippen LogP contribution in [0.4, 0.5) is 0 Å². The SMILES string of the molecule is O=c1cc(C2CC2)[nH]n1C1CCCCCC1. The molecule has 0 spiro atoms. The molecule has 3 nitrogen and oxygen atoms in total. The Hall–Kier alpha value is -0.990. The Morgan fingerprint density at radius 3 is 2.38 bits per heavy atom. The number of hydrogen-bond acceptors (Lipinski definition) is 1. The van der Waals surface area contributed by atoms with Gasteiger partial charge in [0.2, 0.25) is 0 Å². The molecular formula is C13H20N2O. The third-order valence-electron chi connectivity index (χ3n) is 3.97. The molecule has 16 heavy (non-hydrogen) atoms. The molecule has 2 fully saturated rings. The third kappa shape index (κ3) is 1.95. The molecule has 2 saturated carbocycles. The van der Waals surface area contributed by atoms with Crippen molar-refractivity contribution >= 4 is 0 Å². The molecule has 0 amide bonds. The highest BCUT2D eigenvalue weighted by Gasteiger charge is 2.27. The van der Waals surface area contributed by atoms with E-state index in [0.717, 1.165) is 0 Å². The fourth-order valence-electron chi connectivity index (χ4n) is 2.82. The van der Waals surface area contributed by atoms with Crippen molar-refractivity contribution in [1.82, 2.24) is 9.78 Å². The van der Waals surface area contributed by atoms with Gasteiger partial charge in [0.1, 0.15) is 0 Å². The van der Waals surface area contributed by atoms with E-state index >= 15 is 0 Å². The summed E-state index contributed by atoms with van der Waals surface area (Å²) < 4.78 is 1.90. The summed E-state index contributed by atoms with van der Waals surface area (Å²) >= 11 is 0. The molecule has 1 aromatic rings. The van der Waals surface area contributed by atoms with E-state index < -0.39 is 0 Å². The van der Waals surface area contributed by atoms with Crippen molar-refractivity contribution in [3.05, 3.63) is 22.1 Å². The number of aromatic amines is 1. The Morgan fingerprint density at radius 1 is 1.06 bits per heavy atom. The molecule has 3 heteroatoms. The Kier molecular flexibility index (Phi) is 2.62. The van der Waals surface area contributed by atoms with Crippen LogP contribution in [0.2, 0.25) is 0 Å². The second-order valence-corrected chi connectivity index (χ2v) is 5.34. The molecule has 3 rings (SSSR count). The summed E-state index contributed by atoms with van der Waals surface area (Å²) in [5.74, 6) is 0.653. The first-order valence-electron chi connectivity index (χ1n) is 6.66. The van der Waals surface area contributed by atoms with Crippen LogP contribution in [0.3, 0.4) is 0 Å². The Labute approximate surface area is 95.8 Å². The Bertz CT molecular complexity index is 406. The van der Waals surface area contributed by atoms with Crippen LogP contribution in [0.1, 0.15) is 69.0 Å². The first kappa shape index (κ1) is 10.2. The van der Waals surface area contributed by atoms with Gasteiger partial charge in [-0.1, -0.05) is 25.7 Å². The van der Waals surface area contributed by atoms with Crippen molar-refractivity contribution in [2.75, 3.05) is 0 Å². The number of H-pyrrole nitrogens is 1. The van der Waals surface area contributed by atoms with E-state index in [1.807, 2.05) is 10.7 Å². The zero-order chi connectivity index (χ0) is 11.0. The zero-order valence-corrected chi connectivity index (χ0v) is 9.74. The van der Waals surface area contributed by atoms with Gasteiger partial charge in [0, 0.05) is 17.7 Å². The molecule has 2 aliphatic rings. The first-order valence-corrected chi connectivity index (χ1v) is 6.66. The van der Waals surface area contributed by atoms with Crippen LogP contribution in [0.15, 0.2) is 10.9 Å². The highest BCUT2D eigenvalue weighted by molar-refractivity contribution is 5.13. The average molecular weight is 220 g/mol. The second kappa shape index (κ2) is 4.11. The van der Waals surface area contributed by atoms with Crippen LogP contribution in [0, 0.1) is 0 Å². The fraction of sp³-hybridized carbons (Fsp3) is 0.769. The van der Waals surface area contributed by atoms with Gasteiger partial charge in [-0.2, -0.15) is 0 Å². The monoisotopic (exact) mass is 220 g/mol. The van der Waals surface area contributed by atoms with E-state index in [-0.39, 0.29) is 5.56 Å². The van der Waals surface area contributed by atoms with Gasteiger partial charge in [0.25, 0.3) is 5.56 Å². The van der Waals surface area contributed by atoms with Crippen LogP contribution >= 0.6 is 0 Å². The summed E-state index contributed by atoms with van der Waals surface area (Å²) in [6.07, 6.45) is 10.1. The minimum atomic E-state index is 0.189. The molecule has 0 atom stereocenters. The van der Waals surface area contributed by atoms with Crippen LogP contribution in [0.25, 0.3) is 0 Å². The maximum Gasteiger partial charge on any atom is 0.266 e. The molecular weight excluding hydrogens is 200 g/mol. The van der Waals surface area contributed by atoms with Gasteiger partial charge >= 0.3 is 0 Å². The molecule has 0 saturated heterocycles. The predicted octanol–water partition coefficient (Wildman–Crippen LogP) is 2.95. The molecule has 0 unspecified atom stereocenters. The van der Waals surface area contributed by atoms with Gasteiger partial charge in [-0.05, 0) is 25.7 Å². The summed E-state index contributed by atoms with van der Waals surface area (Å²) in [7, 11) is 0. The molecule has 0 aromatic carbocycles. The van der Waals surface area contributed by atoms with Gasteiger partial charge in [0.05, 0.1) is 6.04 Å². The molecule has 0 radical (unpaired) electrons. The topological polar surface area (TPSA) is 37.8 Å². The van der Waals surface area contributed by atoms with E-state index in [0.29, 0.717) is 12.0 Å². The predicted molar refractivity (Wildman–Crippen MR) is 63.8 cm³/mol. The number of nitrogens with zero attached hydrogens (tertiary/aromatic N) is 1. The van der Waals surface area contributed by atoms with Crippen molar-refractivity contribution in [1.29, 1.82) is 0 Å². The van der Waals surface area contributed by atoms with E-state index in [1.165, 1.54) is 57.1 Å². The van der Waals surface area contributed by atoms with Crippen molar-refractivity contribution in [3.8, 4) is 0 Å². The van der Waals surface area contributed by atoms with Crippen LogP contribution in [-0.4, -0.2) is 9.78 Å². The zero-order valence-electron chi connectivity index (χ0n) is 9.74. The van der Waals surface area contributed by atoms with Crippen LogP contribution in [0.5, 0.6) is 0 Å². The van der Waals surface area contributed by atoms with Gasteiger partial charge in [0.15, 0.2) is 0 Å². The highest BCUT2D eigenvalue weighted by atomic mass is 16.1. The molecule has 1 aromatic heterocycles. The summed E-state index contributed by atoms with van der Waals surface area (Å²) in [5.41, 5.74) is 1.36. The smallest absolute Gasteiger partial charge is 0.266 e. The summed E-state index contributed by atoms with van der Waals surface area (Å²) in [6, 6.07) is 2.25. The lowest BCUT2D eigenvalue weighted by Crippen LogP contribution is -2.21. The quantitative estimate of drug-likeness (QED) is 0.764. The summed E-state index contributed by atoms with van der Waals surface area (Å²) in [4.78, 5) is 11.9. The first-order chi connectivity index (χ1) is 7.84. The Balaban J connectivity index is 1.83. The van der Waals surface area contributed by atoms with E-state index in [2.05, 4.69) is 5.10 Å². The maximum absolute atomic E-state index is 11.9. The van der Waals surface area contributed by atoms with Gasteiger partial charge < -0.3 is 0 Å². The van der Waals surface area contributed by atoms with Gasteiger partial charge in [-0.25, -0.2) is 4.68 Å². The normalized spacial score (nSPS) is 23.2. The molecule has 1 N–H and O–H groups in total. The number of hydrogen-bond donors (Lipinski definition) is 1. The number of nitrogens with one attached hydrogen (secondary N) is 1. The fourth-order valence-corrected chi connectivity index (χ4v) is 2.82. The van der Waals surface area contributed by atoms with E-state index in [9.17, 15) is 4.79 Å². The molecule has 0 bridgehead atoms. The lowest BCUT2D eigenvalue weighted by molar-refractivity contribution is 0.394. The average Bonchev–Trinajstić information content (AvgIpc) is 3.08. The number of rotatable bonds is 2. The van der Waals surface area contributed by atoms with E-state index in [1.54, 1.807) is 0 Å². The highest BCUT2D eigenvalue weighted by Crippen LogP contribution is 2.38. The van der Waals surface area contributed by atoms with Crippen molar-refractivity contribution in [2.24, 2.45) is 0 Å². The van der Waals surface area contributed by atoms with Crippen LogP contribution < -0.4 is 5.56 Å². The second-order valence-electron chi connectivity index (χ2n) is 5.34. The molecule has 0 aliphatic heterocycles. The third-order valence-corrected chi connectivity index (χ3v) is 3.97. The minimum absolute atomic E-state index is 0.189. The van der Waals surface area contributed by atoms with Crippen LogP contribution in [-0.2, 0) is 0 Å². The van der Waals surface area contributed by atoms with Crippen molar-refractivity contribution in [3.63, 3.8) is 0 Å². The summed E-state index contributed by atoms with van der Waals surface area (Å²) in [5, 5.41) is 3.35. The van der Waals surface area contributed by atoms with Gasteiger partial charge in [-0.3, -0.25) is 9.89 Å². The minimum Gasteiger partial charge on any atom is -0.299 e. The summed E-state index contributed by atoms with van der Waals surface area (Å²) in [6.45, 7) is 0. The Morgan fingerprint density at radius 2 is 1.75 bits per heavy atom. The van der Waals surface area contributed by atoms with Crippen molar-refractivity contribution < 1.29 is 0 Å². The van der Waals surface area contributed by atoms with Crippen molar-refractivity contribution in [2.45, 2.75) is 63.3 Å². The molecule has 1 heterocycles. The lowest BCUT2D eigenvalue weighted by Gasteiger charge is -2.14.